The van der Waals surface area contributed by atoms with E-state index in [9.17, 15) is 4.79 Å². The smallest absolute Gasteiger partial charge is 0.410 e. The molecule has 2 rings (SSSR count). The largest absolute Gasteiger partial charge is 0.444 e. The molecule has 0 aromatic rings. The lowest BCUT2D eigenvalue weighted by Gasteiger charge is -2.42. The van der Waals surface area contributed by atoms with Gasteiger partial charge in [0, 0.05) is 25.7 Å². The van der Waals surface area contributed by atoms with Gasteiger partial charge in [-0.15, -0.1) is 0 Å². The monoisotopic (exact) mass is 352 g/mol. The molecule has 146 valence electrons. The van der Waals surface area contributed by atoms with Crippen LogP contribution < -0.4 is 5.32 Å². The van der Waals surface area contributed by atoms with Gasteiger partial charge in [-0.3, -0.25) is 0 Å². The van der Waals surface area contributed by atoms with Crippen molar-refractivity contribution in [3.8, 4) is 0 Å². The number of carbonyl (C=O) groups is 1. The van der Waals surface area contributed by atoms with Gasteiger partial charge in [0.15, 0.2) is 0 Å². The number of likely N-dealkylation sites (tertiary alicyclic amines) is 1. The third-order valence-corrected chi connectivity index (χ3v) is 6.30. The van der Waals surface area contributed by atoms with E-state index in [1.807, 2.05) is 25.7 Å². The number of carbonyl (C=O) groups excluding carboxylic acids is 1. The molecule has 2 unspecified atom stereocenters. The van der Waals surface area contributed by atoms with Crippen molar-refractivity contribution in [1.29, 1.82) is 0 Å². The van der Waals surface area contributed by atoms with Crippen molar-refractivity contribution in [2.75, 3.05) is 19.6 Å². The van der Waals surface area contributed by atoms with Gasteiger partial charge in [-0.2, -0.15) is 0 Å². The summed E-state index contributed by atoms with van der Waals surface area (Å²) in [7, 11) is 0. The number of hydrogen-bond donors (Lipinski definition) is 1. The molecule has 1 N–H and O–H groups in total. The molecule has 1 aliphatic carbocycles. The summed E-state index contributed by atoms with van der Waals surface area (Å²) in [5.74, 6) is 0.755. The molecule has 1 aliphatic heterocycles. The number of piperidine rings is 1. The van der Waals surface area contributed by atoms with Crippen LogP contribution in [-0.4, -0.2) is 42.3 Å². The maximum atomic E-state index is 12.3. The molecule has 4 heteroatoms. The first kappa shape index (κ1) is 20.5. The van der Waals surface area contributed by atoms with E-state index in [1.165, 1.54) is 19.3 Å². The van der Waals surface area contributed by atoms with Gasteiger partial charge >= 0.3 is 6.09 Å². The number of rotatable bonds is 4. The van der Waals surface area contributed by atoms with Crippen LogP contribution in [0, 0.1) is 16.7 Å². The molecule has 2 fully saturated rings. The lowest BCUT2D eigenvalue weighted by atomic mass is 9.76. The van der Waals surface area contributed by atoms with Gasteiger partial charge in [0.05, 0.1) is 0 Å². The number of hydrogen-bond acceptors (Lipinski definition) is 3. The fourth-order valence-corrected chi connectivity index (χ4v) is 4.66. The van der Waals surface area contributed by atoms with E-state index < -0.39 is 5.60 Å². The molecule has 1 saturated carbocycles. The maximum Gasteiger partial charge on any atom is 0.410 e. The normalized spacial score (nSPS) is 28.8. The first-order chi connectivity index (χ1) is 11.5. The van der Waals surface area contributed by atoms with E-state index in [0.717, 1.165) is 38.4 Å². The van der Waals surface area contributed by atoms with Gasteiger partial charge < -0.3 is 15.0 Å². The predicted molar refractivity (Wildman–Crippen MR) is 104 cm³/mol. The predicted octanol–water partition coefficient (Wildman–Crippen LogP) is 4.83. The molecule has 1 saturated heterocycles. The SMILES string of the molecule is CCC1(CNC2CC(C)(C)CC2C)CCN(C(=O)OC(C)(C)C)CC1. The Hall–Kier alpha value is -0.770. The fourth-order valence-electron chi connectivity index (χ4n) is 4.66. The molecule has 0 radical (unpaired) electrons. The van der Waals surface area contributed by atoms with Crippen LogP contribution in [-0.2, 0) is 4.74 Å². The minimum atomic E-state index is -0.413. The van der Waals surface area contributed by atoms with Crippen LogP contribution in [0.15, 0.2) is 0 Å². The van der Waals surface area contributed by atoms with Crippen molar-refractivity contribution in [2.45, 2.75) is 92.2 Å². The van der Waals surface area contributed by atoms with Crippen LogP contribution in [0.1, 0.15) is 80.6 Å². The van der Waals surface area contributed by atoms with E-state index in [-0.39, 0.29) is 6.09 Å². The molecule has 1 heterocycles. The first-order valence-corrected chi connectivity index (χ1v) is 10.2. The molecular weight excluding hydrogens is 312 g/mol. The Kier molecular flexibility index (Phi) is 6.13. The fraction of sp³-hybridized carbons (Fsp3) is 0.952. The Labute approximate surface area is 155 Å². The lowest BCUT2D eigenvalue weighted by molar-refractivity contribution is 0.00899. The number of nitrogens with zero attached hydrogens (tertiary/aromatic N) is 1. The molecular formula is C21H40N2O2. The summed E-state index contributed by atoms with van der Waals surface area (Å²) in [4.78, 5) is 14.2. The maximum absolute atomic E-state index is 12.3. The minimum absolute atomic E-state index is 0.156. The van der Waals surface area contributed by atoms with Crippen molar-refractivity contribution in [3.63, 3.8) is 0 Å². The highest BCUT2D eigenvalue weighted by Crippen LogP contribution is 2.42. The van der Waals surface area contributed by atoms with Gasteiger partial charge in [0.1, 0.15) is 5.60 Å². The number of nitrogens with one attached hydrogen (secondary N) is 1. The molecule has 2 aliphatic rings. The third kappa shape index (κ3) is 5.60. The van der Waals surface area contributed by atoms with Gasteiger partial charge in [0.2, 0.25) is 0 Å². The van der Waals surface area contributed by atoms with Crippen molar-refractivity contribution < 1.29 is 9.53 Å². The van der Waals surface area contributed by atoms with Gasteiger partial charge in [-0.05, 0) is 69.6 Å². The molecule has 1 amide bonds. The third-order valence-electron chi connectivity index (χ3n) is 6.30. The second kappa shape index (κ2) is 7.46. The zero-order valence-corrected chi connectivity index (χ0v) is 17.6. The van der Waals surface area contributed by atoms with E-state index in [2.05, 4.69) is 33.0 Å². The van der Waals surface area contributed by atoms with Crippen molar-refractivity contribution >= 4 is 6.09 Å². The van der Waals surface area contributed by atoms with Crippen molar-refractivity contribution in [3.05, 3.63) is 0 Å². The second-order valence-corrected chi connectivity index (χ2v) is 10.4. The first-order valence-electron chi connectivity index (χ1n) is 10.2. The zero-order valence-electron chi connectivity index (χ0n) is 17.6. The standard InChI is InChI=1S/C21H40N2O2/c1-8-21(15-22-17-14-20(6,7)13-16(17)2)9-11-23(12-10-21)18(24)25-19(3,4)5/h16-17,22H,8-15H2,1-7H3. The molecule has 2 atom stereocenters. The highest BCUT2D eigenvalue weighted by molar-refractivity contribution is 5.68. The summed E-state index contributed by atoms with van der Waals surface area (Å²) in [5, 5.41) is 3.90. The summed E-state index contributed by atoms with van der Waals surface area (Å²) in [6.07, 6.45) is 5.75. The van der Waals surface area contributed by atoms with Crippen LogP contribution in [0.25, 0.3) is 0 Å². The summed E-state index contributed by atoms with van der Waals surface area (Å²) in [6.45, 7) is 18.0. The topological polar surface area (TPSA) is 41.6 Å². The molecule has 0 aromatic carbocycles. The van der Waals surface area contributed by atoms with E-state index >= 15 is 0 Å². The Bertz CT molecular complexity index is 459. The van der Waals surface area contributed by atoms with E-state index in [4.69, 9.17) is 4.74 Å². The van der Waals surface area contributed by atoms with Gasteiger partial charge in [-0.1, -0.05) is 27.7 Å². The van der Waals surface area contributed by atoms with Crippen LogP contribution in [0.2, 0.25) is 0 Å². The van der Waals surface area contributed by atoms with Gasteiger partial charge in [-0.25, -0.2) is 4.79 Å². The summed E-state index contributed by atoms with van der Waals surface area (Å²) < 4.78 is 5.53. The molecule has 0 bridgehead atoms. The summed E-state index contributed by atoms with van der Waals surface area (Å²) >= 11 is 0. The van der Waals surface area contributed by atoms with Crippen molar-refractivity contribution in [2.24, 2.45) is 16.7 Å². The van der Waals surface area contributed by atoms with E-state index in [0.29, 0.717) is 16.9 Å². The zero-order chi connectivity index (χ0) is 18.9. The molecule has 4 nitrogen and oxygen atoms in total. The Morgan fingerprint density at radius 1 is 1.20 bits per heavy atom. The van der Waals surface area contributed by atoms with E-state index in [1.54, 1.807) is 0 Å². The molecule has 0 spiro atoms. The minimum Gasteiger partial charge on any atom is -0.444 e. The molecule has 25 heavy (non-hydrogen) atoms. The van der Waals surface area contributed by atoms with Crippen LogP contribution in [0.4, 0.5) is 4.79 Å². The highest BCUT2D eigenvalue weighted by Gasteiger charge is 2.40. The Morgan fingerprint density at radius 2 is 1.80 bits per heavy atom. The number of amides is 1. The lowest BCUT2D eigenvalue weighted by Crippen LogP contribution is -2.49. The average Bonchev–Trinajstić information content (AvgIpc) is 2.76. The highest BCUT2D eigenvalue weighted by atomic mass is 16.6. The van der Waals surface area contributed by atoms with Crippen LogP contribution >= 0.6 is 0 Å². The summed E-state index contributed by atoms with van der Waals surface area (Å²) in [6, 6.07) is 0.641. The Morgan fingerprint density at radius 3 is 2.24 bits per heavy atom. The average molecular weight is 353 g/mol. The van der Waals surface area contributed by atoms with Crippen molar-refractivity contribution in [1.82, 2.24) is 10.2 Å². The van der Waals surface area contributed by atoms with Crippen LogP contribution in [0.3, 0.4) is 0 Å². The summed E-state index contributed by atoms with van der Waals surface area (Å²) in [5.41, 5.74) is 0.380. The quantitative estimate of drug-likeness (QED) is 0.788. The second-order valence-electron chi connectivity index (χ2n) is 10.4. The number of ether oxygens (including phenoxy) is 1. The Balaban J connectivity index is 1.86. The van der Waals surface area contributed by atoms with Gasteiger partial charge in [0.25, 0.3) is 0 Å². The van der Waals surface area contributed by atoms with Crippen LogP contribution in [0.5, 0.6) is 0 Å². The molecule has 0 aromatic heterocycles.